The zero-order valence-electron chi connectivity index (χ0n) is 17.6. The van der Waals surface area contributed by atoms with Gasteiger partial charge in [0.25, 0.3) is 0 Å². The molecule has 9 nitrogen and oxygen atoms in total. The monoisotopic (exact) mass is 466 g/mol. The highest BCUT2D eigenvalue weighted by molar-refractivity contribution is 8.00. The Labute approximate surface area is 192 Å². The number of nitrogens with zero attached hydrogens (tertiary/aromatic N) is 5. The predicted molar refractivity (Wildman–Crippen MR) is 120 cm³/mol. The summed E-state index contributed by atoms with van der Waals surface area (Å²) in [6.07, 6.45) is 1.36. The van der Waals surface area contributed by atoms with Gasteiger partial charge in [-0.15, -0.1) is 5.10 Å². The Kier molecular flexibility index (Phi) is 6.89. The predicted octanol–water partition coefficient (Wildman–Crippen LogP) is 3.32. The van der Waals surface area contributed by atoms with Crippen LogP contribution in [-0.2, 0) is 16.1 Å². The first kappa shape index (κ1) is 22.3. The number of thioether (sulfide) groups is 1. The minimum Gasteiger partial charge on any atom is -0.462 e. The minimum absolute atomic E-state index is 0.0753. The molecule has 2 aromatic heterocycles. The number of anilines is 1. The molecule has 0 aliphatic heterocycles. The second-order valence-corrected chi connectivity index (χ2v) is 7.79. The van der Waals surface area contributed by atoms with Crippen LogP contribution in [0.25, 0.3) is 11.2 Å². The topological polar surface area (TPSA) is 112 Å². The van der Waals surface area contributed by atoms with E-state index in [0.717, 1.165) is 0 Å². The molecule has 0 bridgehead atoms. The Balaban J connectivity index is 1.40. The van der Waals surface area contributed by atoms with Gasteiger partial charge in [0.1, 0.15) is 17.2 Å². The lowest BCUT2D eigenvalue weighted by Gasteiger charge is -2.07. The first-order chi connectivity index (χ1) is 16.0. The van der Waals surface area contributed by atoms with Gasteiger partial charge in [-0.05, 0) is 37.3 Å². The molecule has 33 heavy (non-hydrogen) atoms. The van der Waals surface area contributed by atoms with Crippen LogP contribution in [-0.4, -0.2) is 49.2 Å². The van der Waals surface area contributed by atoms with Gasteiger partial charge in [-0.3, -0.25) is 4.79 Å². The van der Waals surface area contributed by atoms with Crippen LogP contribution in [0.1, 0.15) is 22.8 Å². The van der Waals surface area contributed by atoms with E-state index in [4.69, 9.17) is 4.74 Å². The SMILES string of the molecule is CCOC(=O)c1ccc(NC(=O)CSc2ncnc3c2nnn3Cc2ccccc2F)cc1. The summed E-state index contributed by atoms with van der Waals surface area (Å²) in [6.45, 7) is 2.20. The van der Waals surface area contributed by atoms with Crippen LogP contribution in [0.15, 0.2) is 59.9 Å². The lowest BCUT2D eigenvalue weighted by atomic mass is 10.2. The molecule has 2 aromatic carbocycles. The van der Waals surface area contributed by atoms with Gasteiger partial charge in [-0.1, -0.05) is 35.2 Å². The third kappa shape index (κ3) is 5.32. The van der Waals surface area contributed by atoms with Crippen LogP contribution in [0.4, 0.5) is 10.1 Å². The second kappa shape index (κ2) is 10.2. The van der Waals surface area contributed by atoms with Crippen molar-refractivity contribution < 1.29 is 18.7 Å². The average Bonchev–Trinajstić information content (AvgIpc) is 3.23. The number of hydrogen-bond acceptors (Lipinski definition) is 8. The number of carbonyl (C=O) groups excluding carboxylic acids is 2. The Morgan fingerprint density at radius 3 is 2.67 bits per heavy atom. The van der Waals surface area contributed by atoms with Gasteiger partial charge in [0.15, 0.2) is 11.2 Å². The van der Waals surface area contributed by atoms with E-state index < -0.39 is 5.97 Å². The normalized spacial score (nSPS) is 10.8. The number of rotatable bonds is 8. The molecule has 168 valence electrons. The summed E-state index contributed by atoms with van der Waals surface area (Å²) in [5.41, 5.74) is 2.31. The molecule has 4 aromatic rings. The summed E-state index contributed by atoms with van der Waals surface area (Å²) >= 11 is 1.19. The lowest BCUT2D eigenvalue weighted by molar-refractivity contribution is -0.113. The third-order valence-corrected chi connectivity index (χ3v) is 5.54. The molecule has 2 heterocycles. The number of carbonyl (C=O) groups is 2. The molecule has 0 aliphatic carbocycles. The van der Waals surface area contributed by atoms with E-state index >= 15 is 0 Å². The van der Waals surface area contributed by atoms with Crippen molar-refractivity contribution in [1.82, 2.24) is 25.0 Å². The standard InChI is InChI=1S/C22H19FN6O3S/c1-2-32-22(31)14-7-9-16(10-8-14)26-18(30)12-33-21-19-20(24-13-25-21)29(28-27-19)11-15-5-3-4-6-17(15)23/h3-10,13H,2,11-12H2,1H3,(H,26,30). The smallest absolute Gasteiger partial charge is 0.338 e. The van der Waals surface area contributed by atoms with E-state index in [1.165, 1.54) is 28.8 Å². The highest BCUT2D eigenvalue weighted by Gasteiger charge is 2.15. The average molecular weight is 466 g/mol. The molecule has 0 atom stereocenters. The maximum absolute atomic E-state index is 14.0. The first-order valence-electron chi connectivity index (χ1n) is 10.0. The van der Waals surface area contributed by atoms with Crippen molar-refractivity contribution in [1.29, 1.82) is 0 Å². The van der Waals surface area contributed by atoms with Crippen LogP contribution < -0.4 is 5.32 Å². The molecule has 4 rings (SSSR count). The van der Waals surface area contributed by atoms with Gasteiger partial charge in [0, 0.05) is 11.3 Å². The van der Waals surface area contributed by atoms with Gasteiger partial charge < -0.3 is 10.1 Å². The number of amides is 1. The number of aromatic nitrogens is 5. The number of halogens is 1. The molecule has 0 fully saturated rings. The summed E-state index contributed by atoms with van der Waals surface area (Å²) in [5.74, 6) is -0.931. The van der Waals surface area contributed by atoms with Crippen molar-refractivity contribution in [2.45, 2.75) is 18.5 Å². The zero-order valence-corrected chi connectivity index (χ0v) is 18.4. The zero-order chi connectivity index (χ0) is 23.2. The number of esters is 1. The van der Waals surface area contributed by atoms with Gasteiger partial charge in [-0.2, -0.15) is 0 Å². The van der Waals surface area contributed by atoms with Crippen molar-refractivity contribution in [3.8, 4) is 0 Å². The molecule has 1 N–H and O–H groups in total. The van der Waals surface area contributed by atoms with E-state index in [9.17, 15) is 14.0 Å². The maximum Gasteiger partial charge on any atom is 0.338 e. The van der Waals surface area contributed by atoms with E-state index in [2.05, 4.69) is 25.6 Å². The highest BCUT2D eigenvalue weighted by atomic mass is 32.2. The van der Waals surface area contributed by atoms with Crippen molar-refractivity contribution in [3.63, 3.8) is 0 Å². The van der Waals surface area contributed by atoms with Gasteiger partial charge in [0.2, 0.25) is 5.91 Å². The fourth-order valence-electron chi connectivity index (χ4n) is 3.01. The quantitative estimate of drug-likeness (QED) is 0.239. The molecule has 0 saturated carbocycles. The van der Waals surface area contributed by atoms with Crippen molar-refractivity contribution in [2.24, 2.45) is 0 Å². The number of ether oxygens (including phenoxy) is 1. The summed E-state index contributed by atoms with van der Waals surface area (Å²) in [6, 6.07) is 12.9. The molecule has 11 heteroatoms. The number of fused-ring (bicyclic) bond motifs is 1. The molecular formula is C22H19FN6O3S. The van der Waals surface area contributed by atoms with E-state index in [0.29, 0.717) is 39.6 Å². The Hall–Kier alpha value is -3.86. The van der Waals surface area contributed by atoms with Gasteiger partial charge in [-0.25, -0.2) is 23.8 Å². The molecule has 0 saturated heterocycles. The first-order valence-corrected chi connectivity index (χ1v) is 11.0. The third-order valence-electron chi connectivity index (χ3n) is 4.56. The minimum atomic E-state index is -0.415. The molecule has 1 amide bonds. The number of hydrogen-bond donors (Lipinski definition) is 1. The highest BCUT2D eigenvalue weighted by Crippen LogP contribution is 2.23. The summed E-state index contributed by atoms with van der Waals surface area (Å²) in [7, 11) is 0. The van der Waals surface area contributed by atoms with Crippen LogP contribution in [0.3, 0.4) is 0 Å². The van der Waals surface area contributed by atoms with E-state index in [-0.39, 0.29) is 24.0 Å². The molecule has 0 spiro atoms. The summed E-state index contributed by atoms with van der Waals surface area (Å²) < 4.78 is 20.4. The Bertz CT molecular complexity index is 1300. The van der Waals surface area contributed by atoms with Crippen LogP contribution in [0.5, 0.6) is 0 Å². The van der Waals surface area contributed by atoms with Gasteiger partial charge >= 0.3 is 5.97 Å². The molecule has 0 aliphatic rings. The van der Waals surface area contributed by atoms with Crippen LogP contribution in [0.2, 0.25) is 0 Å². The van der Waals surface area contributed by atoms with E-state index in [1.54, 1.807) is 49.4 Å². The second-order valence-electron chi connectivity index (χ2n) is 6.82. The number of benzene rings is 2. The van der Waals surface area contributed by atoms with Crippen LogP contribution in [0, 0.1) is 5.82 Å². The summed E-state index contributed by atoms with van der Waals surface area (Å²) in [5, 5.41) is 11.4. The Morgan fingerprint density at radius 2 is 1.91 bits per heavy atom. The molecule has 0 unspecified atom stereocenters. The maximum atomic E-state index is 14.0. The van der Waals surface area contributed by atoms with Crippen molar-refractivity contribution in [3.05, 3.63) is 71.8 Å². The van der Waals surface area contributed by atoms with Gasteiger partial charge in [0.05, 0.1) is 24.5 Å². The van der Waals surface area contributed by atoms with Crippen molar-refractivity contribution >= 4 is 40.5 Å². The summed E-state index contributed by atoms with van der Waals surface area (Å²) in [4.78, 5) is 32.5. The number of nitrogens with one attached hydrogen (secondary N) is 1. The fraction of sp³-hybridized carbons (Fsp3) is 0.182. The fourth-order valence-corrected chi connectivity index (χ4v) is 3.74. The Morgan fingerprint density at radius 1 is 1.12 bits per heavy atom. The molecule has 0 radical (unpaired) electrons. The largest absolute Gasteiger partial charge is 0.462 e. The van der Waals surface area contributed by atoms with E-state index in [1.807, 2.05) is 0 Å². The molecular weight excluding hydrogens is 447 g/mol. The lowest BCUT2D eigenvalue weighted by Crippen LogP contribution is -2.14. The van der Waals surface area contributed by atoms with Crippen LogP contribution >= 0.6 is 11.8 Å². The van der Waals surface area contributed by atoms with Crippen molar-refractivity contribution in [2.75, 3.05) is 17.7 Å².